The molecule has 33 heavy (non-hydrogen) atoms. The fraction of sp³-hybridized carbons (Fsp3) is 0.185. The Morgan fingerprint density at radius 3 is 2.55 bits per heavy atom. The van der Waals surface area contributed by atoms with Gasteiger partial charge in [0.15, 0.2) is 0 Å². The zero-order chi connectivity index (χ0) is 22.8. The summed E-state index contributed by atoms with van der Waals surface area (Å²) in [5, 5.41) is 4.47. The number of hydrogen-bond acceptors (Lipinski definition) is 4. The zero-order valence-corrected chi connectivity index (χ0v) is 18.4. The first-order valence-corrected chi connectivity index (χ1v) is 11.1. The van der Waals surface area contributed by atoms with Crippen molar-refractivity contribution < 1.29 is 14.3 Å². The zero-order valence-electron chi connectivity index (χ0n) is 18.4. The molecule has 2 N–H and O–H groups in total. The summed E-state index contributed by atoms with van der Waals surface area (Å²) in [5.41, 5.74) is 4.07. The van der Waals surface area contributed by atoms with Gasteiger partial charge in [0.1, 0.15) is 11.5 Å². The van der Waals surface area contributed by atoms with Gasteiger partial charge >= 0.3 is 0 Å². The molecule has 166 valence electrons. The van der Waals surface area contributed by atoms with Gasteiger partial charge in [-0.1, -0.05) is 29.8 Å². The molecule has 1 aliphatic rings. The summed E-state index contributed by atoms with van der Waals surface area (Å²) in [6, 6.07) is 22.3. The largest absolute Gasteiger partial charge is 0.457 e. The highest BCUT2D eigenvalue weighted by Gasteiger charge is 2.39. The fourth-order valence-corrected chi connectivity index (χ4v) is 4.23. The van der Waals surface area contributed by atoms with Crippen LogP contribution in [0.3, 0.4) is 0 Å². The van der Waals surface area contributed by atoms with Crippen molar-refractivity contribution in [2.45, 2.75) is 25.8 Å². The Morgan fingerprint density at radius 2 is 1.76 bits per heavy atom. The van der Waals surface area contributed by atoms with Gasteiger partial charge in [0.2, 0.25) is 5.91 Å². The average molecular weight is 440 g/mol. The number of rotatable bonds is 7. The molecule has 1 unspecified atom stereocenters. The third-order valence-corrected chi connectivity index (χ3v) is 5.93. The van der Waals surface area contributed by atoms with E-state index in [1.807, 2.05) is 36.5 Å². The summed E-state index contributed by atoms with van der Waals surface area (Å²) in [6.07, 6.45) is 2.94. The number of anilines is 1. The first-order chi connectivity index (χ1) is 16.1. The molecule has 0 radical (unpaired) electrons. The number of hydrogen-bond donors (Lipinski definition) is 2. The van der Waals surface area contributed by atoms with E-state index in [0.29, 0.717) is 18.0 Å². The van der Waals surface area contributed by atoms with Gasteiger partial charge < -0.3 is 15.0 Å². The van der Waals surface area contributed by atoms with Gasteiger partial charge in [0.25, 0.3) is 5.91 Å². The molecular formula is C27H25N3O3. The van der Waals surface area contributed by atoms with Crippen LogP contribution >= 0.6 is 0 Å². The summed E-state index contributed by atoms with van der Waals surface area (Å²) in [5.74, 6) is 0.962. The number of aromatic amines is 1. The first kappa shape index (κ1) is 21.0. The topological polar surface area (TPSA) is 74.4 Å². The molecule has 1 fully saturated rings. The molecular weight excluding hydrogens is 414 g/mol. The lowest BCUT2D eigenvalue weighted by Gasteiger charge is -2.16. The maximum Gasteiger partial charge on any atom is 0.251 e. The number of aromatic nitrogens is 1. The van der Waals surface area contributed by atoms with E-state index in [-0.39, 0.29) is 18.2 Å². The molecule has 0 aliphatic carbocycles. The normalized spacial score (nSPS) is 16.0. The van der Waals surface area contributed by atoms with Crippen LogP contribution in [0.25, 0.3) is 10.9 Å². The summed E-state index contributed by atoms with van der Waals surface area (Å²) in [6.45, 7) is 2.69. The molecule has 1 aliphatic heterocycles. The van der Waals surface area contributed by atoms with E-state index in [1.54, 1.807) is 24.3 Å². The van der Waals surface area contributed by atoms with Crippen molar-refractivity contribution in [3.8, 4) is 11.5 Å². The van der Waals surface area contributed by atoms with Crippen molar-refractivity contribution in [1.82, 2.24) is 10.3 Å². The lowest BCUT2D eigenvalue weighted by atomic mass is 10.1. The van der Waals surface area contributed by atoms with Crippen molar-refractivity contribution in [1.29, 1.82) is 0 Å². The number of para-hydroxylation sites is 1. The second kappa shape index (κ2) is 8.92. The Bertz CT molecular complexity index is 1300. The highest BCUT2D eigenvalue weighted by molar-refractivity contribution is 6.22. The van der Waals surface area contributed by atoms with E-state index in [0.717, 1.165) is 17.7 Å². The predicted molar refractivity (Wildman–Crippen MR) is 129 cm³/mol. The van der Waals surface area contributed by atoms with Gasteiger partial charge in [-0.25, -0.2) is 4.90 Å². The molecule has 6 nitrogen and oxygen atoms in total. The highest BCUT2D eigenvalue weighted by Crippen LogP contribution is 2.28. The van der Waals surface area contributed by atoms with Crippen LogP contribution in [0.5, 0.6) is 11.5 Å². The summed E-state index contributed by atoms with van der Waals surface area (Å²) in [4.78, 5) is 30.1. The van der Waals surface area contributed by atoms with Gasteiger partial charge in [-0.15, -0.1) is 0 Å². The number of aryl methyl sites for hydroxylation is 1. The lowest BCUT2D eigenvalue weighted by Crippen LogP contribution is -2.39. The molecule has 0 spiro atoms. The second-order valence-corrected chi connectivity index (χ2v) is 8.30. The van der Waals surface area contributed by atoms with Gasteiger partial charge in [0, 0.05) is 23.6 Å². The molecule has 6 heteroatoms. The van der Waals surface area contributed by atoms with Crippen LogP contribution in [-0.4, -0.2) is 29.4 Å². The van der Waals surface area contributed by atoms with E-state index in [1.165, 1.54) is 21.4 Å². The van der Waals surface area contributed by atoms with Crippen LogP contribution < -0.4 is 15.0 Å². The first-order valence-electron chi connectivity index (χ1n) is 11.1. The van der Waals surface area contributed by atoms with Crippen molar-refractivity contribution >= 4 is 28.4 Å². The number of nitrogens with zero attached hydrogens (tertiary/aromatic N) is 1. The molecule has 2 heterocycles. The standard InChI is InChI=1S/C27H25N3O3/c1-18-7-12-24-23(15-18)19(17-29-24)13-14-28-25-16-26(31)30(27(25)32)20-8-10-22(11-9-20)33-21-5-3-2-4-6-21/h2-12,15,17,25,28-29H,13-14,16H2,1H3. The van der Waals surface area contributed by atoms with E-state index in [2.05, 4.69) is 35.4 Å². The fourth-order valence-electron chi connectivity index (χ4n) is 4.23. The van der Waals surface area contributed by atoms with E-state index < -0.39 is 6.04 Å². The Hall–Kier alpha value is -3.90. The molecule has 5 rings (SSSR count). The molecule has 1 aromatic heterocycles. The molecule has 3 aromatic carbocycles. The third-order valence-electron chi connectivity index (χ3n) is 5.93. The predicted octanol–water partition coefficient (Wildman–Crippen LogP) is 4.73. The minimum absolute atomic E-state index is 0.161. The number of carbonyl (C=O) groups is 2. The summed E-state index contributed by atoms with van der Waals surface area (Å²) >= 11 is 0. The van der Waals surface area contributed by atoms with Gasteiger partial charge in [-0.3, -0.25) is 9.59 Å². The Morgan fingerprint density at radius 1 is 1.00 bits per heavy atom. The summed E-state index contributed by atoms with van der Waals surface area (Å²) in [7, 11) is 0. The molecule has 1 saturated heterocycles. The van der Waals surface area contributed by atoms with Crippen LogP contribution in [0, 0.1) is 6.92 Å². The third kappa shape index (κ3) is 4.38. The minimum atomic E-state index is -0.510. The van der Waals surface area contributed by atoms with E-state index in [4.69, 9.17) is 4.74 Å². The second-order valence-electron chi connectivity index (χ2n) is 8.30. The minimum Gasteiger partial charge on any atom is -0.457 e. The lowest BCUT2D eigenvalue weighted by molar-refractivity contribution is -0.121. The highest BCUT2D eigenvalue weighted by atomic mass is 16.5. The van der Waals surface area contributed by atoms with Crippen LogP contribution in [0.4, 0.5) is 5.69 Å². The van der Waals surface area contributed by atoms with E-state index in [9.17, 15) is 9.59 Å². The number of ether oxygens (including phenoxy) is 1. The number of H-pyrrole nitrogens is 1. The molecule has 2 amide bonds. The number of carbonyl (C=O) groups excluding carboxylic acids is 2. The Balaban J connectivity index is 1.21. The Labute approximate surface area is 192 Å². The molecule has 0 saturated carbocycles. The summed E-state index contributed by atoms with van der Waals surface area (Å²) < 4.78 is 5.79. The smallest absolute Gasteiger partial charge is 0.251 e. The van der Waals surface area contributed by atoms with Crippen LogP contribution in [0.1, 0.15) is 17.5 Å². The number of benzene rings is 3. The quantitative estimate of drug-likeness (QED) is 0.408. The van der Waals surface area contributed by atoms with Crippen LogP contribution in [0.2, 0.25) is 0 Å². The van der Waals surface area contributed by atoms with Crippen LogP contribution in [-0.2, 0) is 16.0 Å². The Kier molecular flexibility index (Phi) is 5.67. The number of amides is 2. The number of fused-ring (bicyclic) bond motifs is 1. The van der Waals surface area contributed by atoms with Crippen molar-refractivity contribution in [2.75, 3.05) is 11.4 Å². The molecule has 4 aromatic rings. The maximum absolute atomic E-state index is 12.9. The van der Waals surface area contributed by atoms with Gasteiger partial charge in [-0.05, 0) is 67.4 Å². The van der Waals surface area contributed by atoms with Crippen LogP contribution in [0.15, 0.2) is 79.0 Å². The van der Waals surface area contributed by atoms with Crippen molar-refractivity contribution in [2.24, 2.45) is 0 Å². The van der Waals surface area contributed by atoms with E-state index >= 15 is 0 Å². The number of nitrogens with one attached hydrogen (secondary N) is 2. The maximum atomic E-state index is 12.9. The monoisotopic (exact) mass is 439 g/mol. The molecule has 1 atom stereocenters. The molecule has 0 bridgehead atoms. The van der Waals surface area contributed by atoms with Crippen molar-refractivity contribution in [3.63, 3.8) is 0 Å². The number of imide groups is 1. The van der Waals surface area contributed by atoms with Crippen molar-refractivity contribution in [3.05, 3.63) is 90.1 Å². The van der Waals surface area contributed by atoms with Gasteiger partial charge in [0.05, 0.1) is 18.2 Å². The SMILES string of the molecule is Cc1ccc2[nH]cc(CCNC3CC(=O)N(c4ccc(Oc5ccccc5)cc4)C3=O)c2c1. The van der Waals surface area contributed by atoms with Gasteiger partial charge in [-0.2, -0.15) is 0 Å². The average Bonchev–Trinajstić information content (AvgIpc) is 3.35.